The number of hydrogen-bond acceptors (Lipinski definition) is 4. The van der Waals surface area contributed by atoms with Crippen LogP contribution in [0.25, 0.3) is 11.0 Å². The third kappa shape index (κ3) is 5.41. The summed E-state index contributed by atoms with van der Waals surface area (Å²) < 4.78 is 44.7. The van der Waals surface area contributed by atoms with Gasteiger partial charge in [0, 0.05) is 18.4 Å². The van der Waals surface area contributed by atoms with Crippen molar-refractivity contribution >= 4 is 22.5 Å². The second-order valence-corrected chi connectivity index (χ2v) is 7.44. The molecule has 0 spiro atoms. The quantitative estimate of drug-likeness (QED) is 0.307. The summed E-state index contributed by atoms with van der Waals surface area (Å²) in [5.74, 6) is 6.60. The van der Waals surface area contributed by atoms with Crippen molar-refractivity contribution in [3.8, 4) is 11.8 Å². The number of nitrogens with one attached hydrogen (secondary N) is 1. The van der Waals surface area contributed by atoms with Crippen molar-refractivity contribution in [2.75, 3.05) is 12.4 Å². The summed E-state index contributed by atoms with van der Waals surface area (Å²) in [7, 11) is 1.86. The Morgan fingerprint density at radius 1 is 1.24 bits per heavy atom. The van der Waals surface area contributed by atoms with E-state index in [-0.39, 0.29) is 5.69 Å². The fourth-order valence-electron chi connectivity index (χ4n) is 3.18. The van der Waals surface area contributed by atoms with Crippen LogP contribution in [0.15, 0.2) is 89.8 Å². The molecule has 0 aliphatic heterocycles. The average molecular weight is 464 g/mol. The van der Waals surface area contributed by atoms with Gasteiger partial charge in [-0.05, 0) is 55.7 Å². The fourth-order valence-corrected chi connectivity index (χ4v) is 3.18. The van der Waals surface area contributed by atoms with Gasteiger partial charge in [-0.1, -0.05) is 54.6 Å². The van der Waals surface area contributed by atoms with E-state index in [4.69, 9.17) is 4.52 Å². The first-order valence-corrected chi connectivity index (χ1v) is 10.4. The largest absolute Gasteiger partial charge is 0.416 e. The molecule has 0 unspecified atom stereocenters. The van der Waals surface area contributed by atoms with Gasteiger partial charge in [0.05, 0.1) is 22.2 Å². The molecule has 0 amide bonds. The lowest BCUT2D eigenvalue weighted by Crippen LogP contribution is -2.14. The first-order chi connectivity index (χ1) is 16.2. The zero-order chi connectivity index (χ0) is 24.9. The number of halogens is 3. The molecule has 0 aliphatic rings. The normalized spacial score (nSPS) is 11.9. The van der Waals surface area contributed by atoms with E-state index >= 15 is 0 Å². The van der Waals surface area contributed by atoms with Gasteiger partial charge in [-0.25, -0.2) is 0 Å². The van der Waals surface area contributed by atoms with E-state index in [2.05, 4.69) is 35.5 Å². The van der Waals surface area contributed by atoms with E-state index in [1.165, 1.54) is 12.1 Å². The fraction of sp³-hybridized carbons (Fsp3) is 0.148. The maximum atomic E-state index is 13.0. The van der Waals surface area contributed by atoms with Crippen LogP contribution in [0.4, 0.5) is 24.7 Å². The molecule has 0 atom stereocenters. The molecule has 174 valence electrons. The molecule has 0 aliphatic carbocycles. The maximum absolute atomic E-state index is 13.0. The Hall–Kier alpha value is -4.18. The van der Waals surface area contributed by atoms with E-state index in [0.29, 0.717) is 22.4 Å². The summed E-state index contributed by atoms with van der Waals surface area (Å²) in [5.41, 5.74) is 2.95. The summed E-state index contributed by atoms with van der Waals surface area (Å²) in [6.07, 6.45) is 2.72. The third-order valence-electron chi connectivity index (χ3n) is 5.11. The van der Waals surface area contributed by atoms with E-state index in [1.54, 1.807) is 18.2 Å². The van der Waals surface area contributed by atoms with E-state index in [0.717, 1.165) is 29.1 Å². The minimum absolute atomic E-state index is 0.252. The number of likely N-dealkylation sites (N-methyl/N-ethyl adjacent to an activating group) is 1. The number of anilines is 2. The molecule has 1 N–H and O–H groups in total. The molecule has 0 bridgehead atoms. The van der Waals surface area contributed by atoms with Crippen molar-refractivity contribution in [1.82, 2.24) is 10.1 Å². The summed E-state index contributed by atoms with van der Waals surface area (Å²) in [6, 6.07) is 8.57. The van der Waals surface area contributed by atoms with Crippen molar-refractivity contribution in [2.45, 2.75) is 20.0 Å². The van der Waals surface area contributed by atoms with Crippen LogP contribution in [0.1, 0.15) is 23.6 Å². The van der Waals surface area contributed by atoms with Crippen molar-refractivity contribution in [3.05, 3.63) is 102 Å². The van der Waals surface area contributed by atoms with Crippen LogP contribution in [0.3, 0.4) is 0 Å². The lowest BCUT2D eigenvalue weighted by Gasteiger charge is -2.18. The summed E-state index contributed by atoms with van der Waals surface area (Å²) in [5, 5.41) is 7.56. The highest BCUT2D eigenvalue weighted by Gasteiger charge is 2.30. The van der Waals surface area contributed by atoms with Crippen LogP contribution in [0.2, 0.25) is 0 Å². The number of nitrogens with zero attached hydrogens (tertiary/aromatic N) is 2. The van der Waals surface area contributed by atoms with Crippen LogP contribution >= 0.6 is 0 Å². The lowest BCUT2D eigenvalue weighted by molar-refractivity contribution is -0.137. The maximum Gasteiger partial charge on any atom is 0.416 e. The van der Waals surface area contributed by atoms with Crippen LogP contribution in [-0.4, -0.2) is 17.1 Å². The molecule has 3 aromatic rings. The molecule has 0 saturated heterocycles. The van der Waals surface area contributed by atoms with Crippen molar-refractivity contribution in [1.29, 1.82) is 0 Å². The number of hydrogen-bond donors (Lipinski definition) is 1. The molecule has 1 aromatic heterocycles. The third-order valence-corrected chi connectivity index (χ3v) is 5.11. The van der Waals surface area contributed by atoms with Crippen molar-refractivity contribution in [2.24, 2.45) is 0 Å². The van der Waals surface area contributed by atoms with Gasteiger partial charge in [0.25, 0.3) is 0 Å². The topological polar surface area (TPSA) is 41.3 Å². The molecule has 4 nitrogen and oxygen atoms in total. The average Bonchev–Trinajstić information content (AvgIpc) is 3.21. The number of fused-ring (bicyclic) bond motifs is 1. The molecule has 2 aromatic carbocycles. The Morgan fingerprint density at radius 3 is 2.68 bits per heavy atom. The molecule has 1 heterocycles. The minimum atomic E-state index is -4.44. The zero-order valence-corrected chi connectivity index (χ0v) is 19.1. The van der Waals surface area contributed by atoms with Gasteiger partial charge >= 0.3 is 6.18 Å². The first-order valence-electron chi connectivity index (χ1n) is 10.4. The van der Waals surface area contributed by atoms with E-state index in [9.17, 15) is 13.2 Å². The number of rotatable bonds is 6. The van der Waals surface area contributed by atoms with Gasteiger partial charge in [0.1, 0.15) is 0 Å². The molecule has 0 radical (unpaired) electrons. The van der Waals surface area contributed by atoms with E-state index in [1.807, 2.05) is 44.0 Å². The number of alkyl halides is 3. The Labute approximate surface area is 196 Å². The van der Waals surface area contributed by atoms with E-state index < -0.39 is 11.7 Å². The summed E-state index contributed by atoms with van der Waals surface area (Å²) in [4.78, 5) is 1.85. The predicted octanol–water partition coefficient (Wildman–Crippen LogP) is 7.34. The SMILES string of the molecule is C=C/C=C\C(=C)N(C)/C(C#Cc1c(C)ccc2c(Nc3cccc(C(F)(F)F)c3)noc12)=C\C. The highest BCUT2D eigenvalue weighted by atomic mass is 19.4. The van der Waals surface area contributed by atoms with Crippen molar-refractivity contribution < 1.29 is 17.7 Å². The minimum Gasteiger partial charge on any atom is -0.353 e. The number of benzene rings is 2. The first kappa shape index (κ1) is 24.5. The molecule has 3 rings (SSSR count). The monoisotopic (exact) mass is 463 g/mol. The Morgan fingerprint density at radius 2 is 2.00 bits per heavy atom. The Bertz CT molecular complexity index is 1350. The molecule has 0 fully saturated rings. The van der Waals surface area contributed by atoms with Crippen LogP contribution in [0.5, 0.6) is 0 Å². The van der Waals surface area contributed by atoms with Crippen LogP contribution in [-0.2, 0) is 6.18 Å². The van der Waals surface area contributed by atoms with Gasteiger partial charge in [0.2, 0.25) is 0 Å². The van der Waals surface area contributed by atoms with Gasteiger partial charge < -0.3 is 14.7 Å². The summed E-state index contributed by atoms with van der Waals surface area (Å²) >= 11 is 0. The number of aryl methyl sites for hydroxylation is 1. The lowest BCUT2D eigenvalue weighted by atomic mass is 10.1. The molecule has 7 heteroatoms. The van der Waals surface area contributed by atoms with Gasteiger partial charge in [-0.15, -0.1) is 0 Å². The van der Waals surface area contributed by atoms with Gasteiger partial charge in [-0.2, -0.15) is 13.2 Å². The molecule has 34 heavy (non-hydrogen) atoms. The Balaban J connectivity index is 1.95. The Kier molecular flexibility index (Phi) is 7.32. The van der Waals surface area contributed by atoms with Crippen LogP contribution < -0.4 is 5.32 Å². The molecular formula is C27H24F3N3O. The van der Waals surface area contributed by atoms with Gasteiger partial charge in [-0.3, -0.25) is 0 Å². The van der Waals surface area contributed by atoms with Crippen molar-refractivity contribution in [3.63, 3.8) is 0 Å². The second-order valence-electron chi connectivity index (χ2n) is 7.44. The predicted molar refractivity (Wildman–Crippen MR) is 130 cm³/mol. The smallest absolute Gasteiger partial charge is 0.353 e. The highest BCUT2D eigenvalue weighted by Crippen LogP contribution is 2.33. The number of allylic oxidation sites excluding steroid dienone is 5. The molecular weight excluding hydrogens is 439 g/mol. The zero-order valence-electron chi connectivity index (χ0n) is 19.1. The van der Waals surface area contributed by atoms with Gasteiger partial charge in [0.15, 0.2) is 11.4 Å². The summed E-state index contributed by atoms with van der Waals surface area (Å²) in [6.45, 7) is 11.5. The molecule has 0 saturated carbocycles. The second kappa shape index (κ2) is 10.2. The standard InChI is InChI=1S/C27H24F3N3O/c1-6-8-10-19(4)33(5)22(7-2)14-16-23-18(3)13-15-24-25(23)34-32-26(24)31-21-12-9-11-20(17-21)27(28,29)30/h6-13,15,17H,1,4H2,2-3,5H3,(H,31,32)/b10-8-,22-7-. The number of aromatic nitrogens is 1. The van der Waals surface area contributed by atoms with Crippen LogP contribution in [0, 0.1) is 18.8 Å². The highest BCUT2D eigenvalue weighted by molar-refractivity contribution is 5.94.